The van der Waals surface area contributed by atoms with Crippen molar-refractivity contribution in [3.8, 4) is 0 Å². The zero-order valence-electron chi connectivity index (χ0n) is 20.1. The SMILES string of the molecule is CC(C)(NC(=O)c1cc(CC(=O)Cc2ccc3c(CN4CCOCC4)[nH]nc3c2)ccn1)C(F)(F)F. The molecule has 1 fully saturated rings. The number of pyridine rings is 1. The predicted molar refractivity (Wildman–Crippen MR) is 126 cm³/mol. The molecule has 0 unspecified atom stereocenters. The number of ketones is 1. The number of amides is 1. The monoisotopic (exact) mass is 503 g/mol. The number of Topliss-reactive ketones (excluding diaryl/α,β-unsaturated/α-hetero) is 1. The number of hydrogen-bond donors (Lipinski definition) is 2. The Morgan fingerprint density at radius 1 is 1.08 bits per heavy atom. The Hall–Kier alpha value is -3.31. The van der Waals surface area contributed by atoms with Gasteiger partial charge in [0.2, 0.25) is 0 Å². The van der Waals surface area contributed by atoms with Crippen LogP contribution in [0, 0.1) is 0 Å². The van der Waals surface area contributed by atoms with Crippen LogP contribution in [-0.4, -0.2) is 69.8 Å². The van der Waals surface area contributed by atoms with Crippen LogP contribution in [0.25, 0.3) is 10.9 Å². The second-order valence-electron chi connectivity index (χ2n) is 9.46. The number of hydrogen-bond acceptors (Lipinski definition) is 6. The molecule has 2 aromatic heterocycles. The van der Waals surface area contributed by atoms with Gasteiger partial charge in [-0.1, -0.05) is 12.1 Å². The zero-order chi connectivity index (χ0) is 25.9. The Kier molecular flexibility index (Phi) is 7.41. The highest BCUT2D eigenvalue weighted by Gasteiger charge is 2.48. The highest BCUT2D eigenvalue weighted by atomic mass is 19.4. The molecule has 8 nitrogen and oxygen atoms in total. The molecule has 0 spiro atoms. The summed E-state index contributed by atoms with van der Waals surface area (Å²) in [4.78, 5) is 31.2. The van der Waals surface area contributed by atoms with Crippen molar-refractivity contribution in [3.63, 3.8) is 0 Å². The lowest BCUT2D eigenvalue weighted by Crippen LogP contribution is -2.54. The summed E-state index contributed by atoms with van der Waals surface area (Å²) in [6.07, 6.45) is -3.13. The first-order chi connectivity index (χ1) is 17.0. The van der Waals surface area contributed by atoms with E-state index in [4.69, 9.17) is 4.74 Å². The summed E-state index contributed by atoms with van der Waals surface area (Å²) >= 11 is 0. The summed E-state index contributed by atoms with van der Waals surface area (Å²) in [7, 11) is 0. The van der Waals surface area contributed by atoms with Crippen LogP contribution >= 0.6 is 0 Å². The molecule has 36 heavy (non-hydrogen) atoms. The molecule has 1 amide bonds. The van der Waals surface area contributed by atoms with E-state index in [1.54, 1.807) is 6.07 Å². The molecule has 1 aliphatic heterocycles. The average molecular weight is 504 g/mol. The predicted octanol–water partition coefficient (Wildman–Crippen LogP) is 3.22. The Balaban J connectivity index is 1.38. The van der Waals surface area contributed by atoms with Gasteiger partial charge >= 0.3 is 6.18 Å². The van der Waals surface area contributed by atoms with Gasteiger partial charge in [0.25, 0.3) is 5.91 Å². The van der Waals surface area contributed by atoms with Gasteiger partial charge in [0.1, 0.15) is 17.0 Å². The molecular weight excluding hydrogens is 475 g/mol. The fraction of sp³-hybridized carbons (Fsp3) is 0.440. The van der Waals surface area contributed by atoms with Gasteiger partial charge in [-0.3, -0.25) is 24.6 Å². The fourth-order valence-corrected chi connectivity index (χ4v) is 3.97. The molecule has 0 bridgehead atoms. The number of halogens is 3. The maximum atomic E-state index is 13.1. The number of nitrogens with one attached hydrogen (secondary N) is 2. The number of carbonyl (C=O) groups excluding carboxylic acids is 2. The maximum Gasteiger partial charge on any atom is 0.410 e. The molecule has 4 rings (SSSR count). The Morgan fingerprint density at radius 3 is 2.47 bits per heavy atom. The molecule has 3 heterocycles. The summed E-state index contributed by atoms with van der Waals surface area (Å²) in [5.74, 6) is -1.06. The van der Waals surface area contributed by atoms with E-state index in [1.807, 2.05) is 23.5 Å². The summed E-state index contributed by atoms with van der Waals surface area (Å²) in [6.45, 7) is 5.66. The molecule has 1 aliphatic rings. The number of morpholine rings is 1. The Bertz CT molecular complexity index is 1250. The highest BCUT2D eigenvalue weighted by molar-refractivity contribution is 5.93. The third kappa shape index (κ3) is 6.08. The number of alkyl halides is 3. The van der Waals surface area contributed by atoms with Crippen LogP contribution in [0.5, 0.6) is 0 Å². The summed E-state index contributed by atoms with van der Waals surface area (Å²) in [5.41, 5.74) is 0.502. The van der Waals surface area contributed by atoms with E-state index >= 15 is 0 Å². The number of rotatable bonds is 8. The summed E-state index contributed by atoms with van der Waals surface area (Å²) in [5, 5.41) is 10.4. The lowest BCUT2D eigenvalue weighted by Gasteiger charge is -2.28. The van der Waals surface area contributed by atoms with Crippen LogP contribution in [0.4, 0.5) is 13.2 Å². The molecular formula is C25H28F3N5O3. The van der Waals surface area contributed by atoms with E-state index in [9.17, 15) is 22.8 Å². The summed E-state index contributed by atoms with van der Waals surface area (Å²) < 4.78 is 44.6. The average Bonchev–Trinajstić information content (AvgIpc) is 3.20. The normalized spacial score (nSPS) is 15.2. The number of ether oxygens (including phenoxy) is 1. The minimum atomic E-state index is -4.62. The van der Waals surface area contributed by atoms with Crippen molar-refractivity contribution in [3.05, 3.63) is 59.0 Å². The van der Waals surface area contributed by atoms with E-state index in [2.05, 4.69) is 20.1 Å². The standard InChI is InChI=1S/C25H28F3N5O3/c1-24(2,25(26,27)28)30-23(35)21-14-17(5-6-29-21)12-18(34)11-16-3-4-19-20(13-16)31-32-22(19)15-33-7-9-36-10-8-33/h3-6,13-14H,7-12,15H2,1-2H3,(H,30,35)(H,31,32). The smallest absolute Gasteiger partial charge is 0.379 e. The van der Waals surface area contributed by atoms with Crippen LogP contribution in [0.15, 0.2) is 36.5 Å². The maximum absolute atomic E-state index is 13.1. The topological polar surface area (TPSA) is 100 Å². The van der Waals surface area contributed by atoms with Gasteiger partial charge in [-0.2, -0.15) is 18.3 Å². The van der Waals surface area contributed by atoms with Gasteiger partial charge in [-0.05, 0) is 43.2 Å². The second-order valence-corrected chi connectivity index (χ2v) is 9.46. The number of H-pyrrole nitrogens is 1. The molecule has 3 aromatic rings. The number of benzene rings is 1. The van der Waals surface area contributed by atoms with Crippen molar-refractivity contribution in [2.24, 2.45) is 0 Å². The van der Waals surface area contributed by atoms with Crippen molar-refractivity contribution in [1.29, 1.82) is 0 Å². The largest absolute Gasteiger partial charge is 0.410 e. The lowest BCUT2D eigenvalue weighted by atomic mass is 10.0. The van der Waals surface area contributed by atoms with E-state index in [0.29, 0.717) is 18.8 Å². The third-order valence-electron chi connectivity index (χ3n) is 6.18. The molecule has 0 atom stereocenters. The van der Waals surface area contributed by atoms with E-state index in [1.165, 1.54) is 12.3 Å². The van der Waals surface area contributed by atoms with Crippen LogP contribution in [-0.2, 0) is 28.9 Å². The quantitative estimate of drug-likeness (QED) is 0.490. The number of nitrogens with zero attached hydrogens (tertiary/aromatic N) is 3. The molecule has 1 saturated heterocycles. The minimum Gasteiger partial charge on any atom is -0.379 e. The molecule has 0 aliphatic carbocycles. The van der Waals surface area contributed by atoms with Gasteiger partial charge in [0, 0.05) is 44.1 Å². The number of carbonyl (C=O) groups is 2. The van der Waals surface area contributed by atoms with Crippen molar-refractivity contribution in [1.82, 2.24) is 25.4 Å². The van der Waals surface area contributed by atoms with Gasteiger partial charge in [0.05, 0.1) is 24.4 Å². The van der Waals surface area contributed by atoms with Crippen molar-refractivity contribution in [2.45, 2.75) is 44.9 Å². The first-order valence-electron chi connectivity index (χ1n) is 11.6. The van der Waals surface area contributed by atoms with Crippen LogP contribution in [0.3, 0.4) is 0 Å². The Labute approximate surface area is 206 Å². The molecule has 1 aromatic carbocycles. The molecule has 192 valence electrons. The third-order valence-corrected chi connectivity index (χ3v) is 6.18. The number of aromatic amines is 1. The van der Waals surface area contributed by atoms with Crippen molar-refractivity contribution < 1.29 is 27.5 Å². The summed E-state index contributed by atoms with van der Waals surface area (Å²) in [6, 6.07) is 8.63. The van der Waals surface area contributed by atoms with E-state index in [-0.39, 0.29) is 24.3 Å². The van der Waals surface area contributed by atoms with Crippen LogP contribution in [0.2, 0.25) is 0 Å². The molecule has 0 radical (unpaired) electrons. The van der Waals surface area contributed by atoms with E-state index in [0.717, 1.165) is 55.6 Å². The molecule has 2 N–H and O–H groups in total. The first kappa shape index (κ1) is 25.8. The van der Waals surface area contributed by atoms with Crippen molar-refractivity contribution in [2.75, 3.05) is 26.3 Å². The molecule has 11 heteroatoms. The number of fused-ring (bicyclic) bond motifs is 1. The van der Waals surface area contributed by atoms with E-state index < -0.39 is 17.6 Å². The lowest BCUT2D eigenvalue weighted by molar-refractivity contribution is -0.182. The highest BCUT2D eigenvalue weighted by Crippen LogP contribution is 2.29. The van der Waals surface area contributed by atoms with Crippen LogP contribution in [0.1, 0.15) is 41.2 Å². The fourth-order valence-electron chi connectivity index (χ4n) is 3.97. The van der Waals surface area contributed by atoms with Gasteiger partial charge in [0.15, 0.2) is 0 Å². The van der Waals surface area contributed by atoms with Crippen molar-refractivity contribution >= 4 is 22.6 Å². The zero-order valence-corrected chi connectivity index (χ0v) is 20.1. The molecule has 0 saturated carbocycles. The minimum absolute atomic E-state index is 0.0202. The van der Waals surface area contributed by atoms with Gasteiger partial charge in [-0.15, -0.1) is 0 Å². The Morgan fingerprint density at radius 2 is 1.78 bits per heavy atom. The van der Waals surface area contributed by atoms with Crippen LogP contribution < -0.4 is 5.32 Å². The second kappa shape index (κ2) is 10.4. The van der Waals surface area contributed by atoms with Gasteiger partial charge in [-0.25, -0.2) is 0 Å². The van der Waals surface area contributed by atoms with Gasteiger partial charge < -0.3 is 10.1 Å². The number of aromatic nitrogens is 3. The first-order valence-corrected chi connectivity index (χ1v) is 11.6.